The Balaban J connectivity index is 2.64. The number of halogens is 2. The molecule has 0 saturated heterocycles. The van der Waals surface area contributed by atoms with E-state index < -0.39 is 0 Å². The monoisotopic (exact) mass is 318 g/mol. The molecule has 2 amide bonds. The fourth-order valence-electron chi connectivity index (χ4n) is 1.56. The first kappa shape index (κ1) is 16.6. The van der Waals surface area contributed by atoms with Gasteiger partial charge in [0.25, 0.3) is 0 Å². The predicted molar refractivity (Wildman–Crippen MR) is 79.4 cm³/mol. The third-order valence-corrected chi connectivity index (χ3v) is 3.03. The van der Waals surface area contributed by atoms with E-state index in [1.807, 2.05) is 6.92 Å². The molecule has 0 unspecified atom stereocenters. The predicted octanol–water partition coefficient (Wildman–Crippen LogP) is 3.41. The van der Waals surface area contributed by atoms with Crippen LogP contribution in [0.3, 0.4) is 0 Å². The van der Waals surface area contributed by atoms with Crippen molar-refractivity contribution in [2.45, 2.75) is 13.3 Å². The maximum absolute atomic E-state index is 12.0. The summed E-state index contributed by atoms with van der Waals surface area (Å²) in [5.74, 6) is -0.359. The summed E-state index contributed by atoms with van der Waals surface area (Å²) in [6.07, 6.45) is 0.147. The lowest BCUT2D eigenvalue weighted by atomic mass is 10.3. The second kappa shape index (κ2) is 7.97. The summed E-state index contributed by atoms with van der Waals surface area (Å²) in [6, 6.07) is 4.45. The van der Waals surface area contributed by atoms with Crippen molar-refractivity contribution in [2.75, 3.05) is 25.5 Å². The minimum Gasteiger partial charge on any atom is -0.469 e. The summed E-state index contributed by atoms with van der Waals surface area (Å²) in [6.45, 7) is 2.57. The molecule has 1 rings (SSSR count). The number of carbonyl (C=O) groups excluding carboxylic acids is 2. The summed E-state index contributed by atoms with van der Waals surface area (Å²) in [5.41, 5.74) is 0.504. The summed E-state index contributed by atoms with van der Waals surface area (Å²) in [7, 11) is 1.31. The summed E-state index contributed by atoms with van der Waals surface area (Å²) in [4.78, 5) is 24.6. The molecule has 0 bridgehead atoms. The highest BCUT2D eigenvalue weighted by Gasteiger charge is 2.14. The van der Waals surface area contributed by atoms with Crippen LogP contribution in [-0.2, 0) is 9.53 Å². The lowest BCUT2D eigenvalue weighted by Gasteiger charge is -2.21. The molecule has 0 aliphatic carbocycles. The van der Waals surface area contributed by atoms with Crippen molar-refractivity contribution in [3.63, 3.8) is 0 Å². The maximum Gasteiger partial charge on any atom is 0.321 e. The van der Waals surface area contributed by atoms with Crippen LogP contribution >= 0.6 is 23.2 Å². The van der Waals surface area contributed by atoms with E-state index in [9.17, 15) is 9.59 Å². The second-order valence-electron chi connectivity index (χ2n) is 3.99. The Morgan fingerprint density at radius 2 is 1.85 bits per heavy atom. The topological polar surface area (TPSA) is 58.6 Å². The Kier molecular flexibility index (Phi) is 6.61. The molecule has 0 aliphatic heterocycles. The van der Waals surface area contributed by atoms with Crippen LogP contribution in [0.1, 0.15) is 13.3 Å². The van der Waals surface area contributed by atoms with Crippen molar-refractivity contribution in [1.82, 2.24) is 4.90 Å². The van der Waals surface area contributed by atoms with E-state index in [1.165, 1.54) is 12.0 Å². The number of esters is 1. The quantitative estimate of drug-likeness (QED) is 0.846. The molecule has 0 saturated carbocycles. The van der Waals surface area contributed by atoms with E-state index in [-0.39, 0.29) is 25.0 Å². The highest BCUT2D eigenvalue weighted by molar-refractivity contribution is 6.35. The van der Waals surface area contributed by atoms with Crippen molar-refractivity contribution >= 4 is 40.9 Å². The number of methoxy groups -OCH3 is 1. The van der Waals surface area contributed by atoms with Gasteiger partial charge in [0, 0.05) is 28.8 Å². The van der Waals surface area contributed by atoms with Gasteiger partial charge in [-0.15, -0.1) is 0 Å². The minimum absolute atomic E-state index is 0.147. The van der Waals surface area contributed by atoms with Crippen LogP contribution in [0.5, 0.6) is 0 Å². The van der Waals surface area contributed by atoms with Crippen LogP contribution < -0.4 is 5.32 Å². The first-order valence-corrected chi connectivity index (χ1v) is 6.80. The number of benzene rings is 1. The van der Waals surface area contributed by atoms with Crippen molar-refractivity contribution in [1.29, 1.82) is 0 Å². The van der Waals surface area contributed by atoms with Gasteiger partial charge in [0.2, 0.25) is 0 Å². The summed E-state index contributed by atoms with van der Waals surface area (Å²) >= 11 is 11.7. The molecular weight excluding hydrogens is 303 g/mol. The number of urea groups is 1. The number of amides is 2. The Labute approximate surface area is 127 Å². The molecule has 1 aromatic carbocycles. The van der Waals surface area contributed by atoms with Crippen LogP contribution in [0.2, 0.25) is 10.0 Å². The number of nitrogens with one attached hydrogen (secondary N) is 1. The van der Waals surface area contributed by atoms with Gasteiger partial charge >= 0.3 is 12.0 Å². The van der Waals surface area contributed by atoms with Gasteiger partial charge in [-0.1, -0.05) is 23.2 Å². The molecule has 5 nitrogen and oxygen atoms in total. The molecule has 0 spiro atoms. The SMILES string of the molecule is CCN(CCC(=O)OC)C(=O)Nc1cc(Cl)cc(Cl)c1. The molecule has 0 radical (unpaired) electrons. The Bertz CT molecular complexity index is 474. The van der Waals surface area contributed by atoms with E-state index in [0.717, 1.165) is 0 Å². The number of carbonyl (C=O) groups is 2. The molecule has 20 heavy (non-hydrogen) atoms. The molecule has 1 N–H and O–H groups in total. The highest BCUT2D eigenvalue weighted by Crippen LogP contribution is 2.22. The fraction of sp³-hybridized carbons (Fsp3) is 0.385. The van der Waals surface area contributed by atoms with Crippen molar-refractivity contribution in [3.05, 3.63) is 28.2 Å². The first-order chi connectivity index (χ1) is 9.46. The van der Waals surface area contributed by atoms with Crippen molar-refractivity contribution < 1.29 is 14.3 Å². The van der Waals surface area contributed by atoms with Gasteiger partial charge in [0.05, 0.1) is 13.5 Å². The zero-order valence-corrected chi connectivity index (χ0v) is 12.8. The molecule has 0 aliphatic rings. The van der Waals surface area contributed by atoms with Crippen LogP contribution in [0.15, 0.2) is 18.2 Å². The average Bonchev–Trinajstić information content (AvgIpc) is 2.37. The number of rotatable bonds is 5. The third-order valence-electron chi connectivity index (χ3n) is 2.60. The number of anilines is 1. The minimum atomic E-state index is -0.359. The normalized spacial score (nSPS) is 10.0. The lowest BCUT2D eigenvalue weighted by molar-refractivity contribution is -0.140. The molecule has 1 aromatic rings. The number of nitrogens with zero attached hydrogens (tertiary/aromatic N) is 1. The van der Waals surface area contributed by atoms with E-state index in [2.05, 4.69) is 10.1 Å². The number of ether oxygens (including phenoxy) is 1. The van der Waals surface area contributed by atoms with Gasteiger partial charge in [-0.05, 0) is 25.1 Å². The lowest BCUT2D eigenvalue weighted by Crippen LogP contribution is -2.36. The van der Waals surface area contributed by atoms with E-state index in [1.54, 1.807) is 18.2 Å². The largest absolute Gasteiger partial charge is 0.469 e. The van der Waals surface area contributed by atoms with Crippen LogP contribution in [0.25, 0.3) is 0 Å². The molecule has 0 heterocycles. The van der Waals surface area contributed by atoms with Crippen molar-refractivity contribution in [3.8, 4) is 0 Å². The Morgan fingerprint density at radius 3 is 2.35 bits per heavy atom. The van der Waals surface area contributed by atoms with Gasteiger partial charge in [-0.2, -0.15) is 0 Å². The van der Waals surface area contributed by atoms with Gasteiger partial charge in [-0.3, -0.25) is 4.79 Å². The second-order valence-corrected chi connectivity index (χ2v) is 4.87. The molecule has 0 aromatic heterocycles. The van der Waals surface area contributed by atoms with E-state index in [0.29, 0.717) is 22.3 Å². The zero-order chi connectivity index (χ0) is 15.1. The van der Waals surface area contributed by atoms with Crippen LogP contribution in [0.4, 0.5) is 10.5 Å². The molecule has 110 valence electrons. The van der Waals surface area contributed by atoms with E-state index in [4.69, 9.17) is 23.2 Å². The molecule has 0 fully saturated rings. The zero-order valence-electron chi connectivity index (χ0n) is 11.3. The molecule has 7 heteroatoms. The van der Waals surface area contributed by atoms with Crippen LogP contribution in [0, 0.1) is 0 Å². The number of hydrogen-bond acceptors (Lipinski definition) is 3. The first-order valence-electron chi connectivity index (χ1n) is 6.05. The van der Waals surface area contributed by atoms with Crippen molar-refractivity contribution in [2.24, 2.45) is 0 Å². The van der Waals surface area contributed by atoms with Gasteiger partial charge in [0.1, 0.15) is 0 Å². The van der Waals surface area contributed by atoms with Gasteiger partial charge in [0.15, 0.2) is 0 Å². The van der Waals surface area contributed by atoms with Gasteiger partial charge in [-0.25, -0.2) is 4.79 Å². The standard InChI is InChI=1S/C13H16Cl2N2O3/c1-3-17(5-4-12(18)20-2)13(19)16-11-7-9(14)6-10(15)8-11/h6-8H,3-5H2,1-2H3,(H,16,19). The average molecular weight is 319 g/mol. The highest BCUT2D eigenvalue weighted by atomic mass is 35.5. The number of hydrogen-bond donors (Lipinski definition) is 1. The Hall–Kier alpha value is -1.46. The maximum atomic E-state index is 12.0. The summed E-state index contributed by atoms with van der Waals surface area (Å²) < 4.78 is 4.54. The Morgan fingerprint density at radius 1 is 1.25 bits per heavy atom. The van der Waals surface area contributed by atoms with E-state index >= 15 is 0 Å². The smallest absolute Gasteiger partial charge is 0.321 e. The third kappa shape index (κ3) is 5.27. The molecular formula is C13H16Cl2N2O3. The fourth-order valence-corrected chi connectivity index (χ4v) is 2.09. The van der Waals surface area contributed by atoms with Gasteiger partial charge < -0.3 is 15.0 Å². The van der Waals surface area contributed by atoms with Crippen LogP contribution in [-0.4, -0.2) is 37.1 Å². The molecule has 0 atom stereocenters. The summed E-state index contributed by atoms with van der Waals surface area (Å²) in [5, 5.41) is 3.55.